The smallest absolute Gasteiger partial charge is 0.243 e. The summed E-state index contributed by atoms with van der Waals surface area (Å²) in [5.41, 5.74) is 3.28. The van der Waals surface area contributed by atoms with Crippen molar-refractivity contribution in [2.24, 2.45) is 0 Å². The minimum absolute atomic E-state index is 0.150. The lowest BCUT2D eigenvalue weighted by Gasteiger charge is -2.15. The molecule has 0 bridgehead atoms. The number of fused-ring (bicyclic) bond motifs is 1. The minimum Gasteiger partial charge on any atom is -0.382 e. The Morgan fingerprint density at radius 2 is 1.71 bits per heavy atom. The van der Waals surface area contributed by atoms with E-state index in [4.69, 9.17) is 5.26 Å². The van der Waals surface area contributed by atoms with Crippen LogP contribution in [0.3, 0.4) is 0 Å². The van der Waals surface area contributed by atoms with Crippen molar-refractivity contribution in [1.82, 2.24) is 9.29 Å². The second-order valence-corrected chi connectivity index (χ2v) is 8.54. The molecule has 1 N–H and O–H groups in total. The second kappa shape index (κ2) is 7.17. The average molecular weight is 391 g/mol. The highest BCUT2D eigenvalue weighted by atomic mass is 32.2. The van der Waals surface area contributed by atoms with Gasteiger partial charge in [-0.2, -0.15) is 9.57 Å². The Bertz CT molecular complexity index is 1150. The van der Waals surface area contributed by atoms with E-state index in [0.29, 0.717) is 11.3 Å². The highest BCUT2D eigenvalue weighted by molar-refractivity contribution is 7.89. The van der Waals surface area contributed by atoms with E-state index in [1.165, 1.54) is 28.6 Å². The molecule has 1 aromatic heterocycles. The summed E-state index contributed by atoms with van der Waals surface area (Å²) in [6.07, 6.45) is 0.765. The normalized spacial score (nSPS) is 15.0. The zero-order chi connectivity index (χ0) is 19.7. The van der Waals surface area contributed by atoms with E-state index < -0.39 is 16.1 Å². The summed E-state index contributed by atoms with van der Waals surface area (Å²) in [6, 6.07) is 18.8. The number of hydrogen-bond donors (Lipinski definition) is 1. The van der Waals surface area contributed by atoms with Crippen molar-refractivity contribution >= 4 is 10.0 Å². The van der Waals surface area contributed by atoms with Crippen molar-refractivity contribution < 1.29 is 13.5 Å². The number of nitriles is 1. The first-order valence-electron chi connectivity index (χ1n) is 8.70. The Morgan fingerprint density at radius 1 is 1.04 bits per heavy atom. The molecule has 1 atom stereocenters. The SMILES string of the molecule is N#Cc1ccc(S(=O)(=O)N2Cc3cnc(C(O)c4ccccc4)cc3C2)cc1. The van der Waals surface area contributed by atoms with Crippen molar-refractivity contribution in [2.75, 3.05) is 0 Å². The van der Waals surface area contributed by atoms with Gasteiger partial charge in [0.25, 0.3) is 0 Å². The monoisotopic (exact) mass is 391 g/mol. The summed E-state index contributed by atoms with van der Waals surface area (Å²) in [5.74, 6) is 0. The van der Waals surface area contributed by atoms with Crippen molar-refractivity contribution in [3.05, 3.63) is 94.8 Å². The van der Waals surface area contributed by atoms with Crippen LogP contribution >= 0.6 is 0 Å². The number of sulfonamides is 1. The minimum atomic E-state index is -3.68. The van der Waals surface area contributed by atoms with Gasteiger partial charge in [0, 0.05) is 19.3 Å². The lowest BCUT2D eigenvalue weighted by atomic mass is 10.0. The molecule has 0 aliphatic carbocycles. The van der Waals surface area contributed by atoms with Crippen molar-refractivity contribution in [1.29, 1.82) is 5.26 Å². The van der Waals surface area contributed by atoms with E-state index in [1.54, 1.807) is 12.3 Å². The lowest BCUT2D eigenvalue weighted by Crippen LogP contribution is -2.25. The van der Waals surface area contributed by atoms with Gasteiger partial charge in [-0.3, -0.25) is 4.98 Å². The van der Waals surface area contributed by atoms with E-state index in [9.17, 15) is 13.5 Å². The molecule has 0 amide bonds. The van der Waals surface area contributed by atoms with Crippen LogP contribution in [-0.2, 0) is 23.1 Å². The maximum Gasteiger partial charge on any atom is 0.243 e. The predicted octanol–water partition coefficient (Wildman–Crippen LogP) is 2.74. The van der Waals surface area contributed by atoms with Crippen LogP contribution in [0.4, 0.5) is 0 Å². The number of benzene rings is 2. The molecule has 1 aliphatic rings. The fraction of sp³-hybridized carbons (Fsp3) is 0.143. The molecule has 0 radical (unpaired) electrons. The summed E-state index contributed by atoms with van der Waals surface area (Å²) in [6.45, 7) is 0.446. The van der Waals surface area contributed by atoms with Gasteiger partial charge in [0.2, 0.25) is 10.0 Å². The second-order valence-electron chi connectivity index (χ2n) is 6.60. The zero-order valence-electron chi connectivity index (χ0n) is 14.9. The van der Waals surface area contributed by atoms with Crippen LogP contribution in [0.25, 0.3) is 0 Å². The van der Waals surface area contributed by atoms with Gasteiger partial charge in [-0.25, -0.2) is 8.42 Å². The third-order valence-corrected chi connectivity index (χ3v) is 6.62. The van der Waals surface area contributed by atoms with Crippen molar-refractivity contribution in [3.8, 4) is 6.07 Å². The Kier molecular flexibility index (Phi) is 4.69. The van der Waals surface area contributed by atoms with E-state index in [1.807, 2.05) is 36.4 Å². The van der Waals surface area contributed by atoms with Gasteiger partial charge < -0.3 is 5.11 Å². The van der Waals surface area contributed by atoms with Gasteiger partial charge in [-0.1, -0.05) is 30.3 Å². The summed E-state index contributed by atoms with van der Waals surface area (Å²) in [4.78, 5) is 4.48. The Balaban J connectivity index is 1.59. The molecule has 0 spiro atoms. The fourth-order valence-corrected chi connectivity index (χ4v) is 4.64. The number of rotatable bonds is 4. The first kappa shape index (κ1) is 18.3. The average Bonchev–Trinajstić information content (AvgIpc) is 3.18. The van der Waals surface area contributed by atoms with Crippen LogP contribution in [0.2, 0.25) is 0 Å². The molecule has 0 fully saturated rings. The molecule has 0 saturated heterocycles. The molecule has 140 valence electrons. The van der Waals surface area contributed by atoms with Crippen LogP contribution in [0.5, 0.6) is 0 Å². The number of aliphatic hydroxyl groups excluding tert-OH is 1. The molecule has 0 saturated carbocycles. The van der Waals surface area contributed by atoms with Gasteiger partial charge in [0.05, 0.1) is 22.2 Å². The predicted molar refractivity (Wildman–Crippen MR) is 102 cm³/mol. The number of nitrogens with zero attached hydrogens (tertiary/aromatic N) is 3. The summed E-state index contributed by atoms with van der Waals surface area (Å²) >= 11 is 0. The summed E-state index contributed by atoms with van der Waals surface area (Å²) in [5, 5.41) is 19.4. The van der Waals surface area contributed by atoms with Gasteiger partial charge >= 0.3 is 0 Å². The maximum atomic E-state index is 12.9. The molecular weight excluding hydrogens is 374 g/mol. The van der Waals surface area contributed by atoms with Crippen LogP contribution in [0.15, 0.2) is 71.8 Å². The number of hydrogen-bond acceptors (Lipinski definition) is 5. The standard InChI is InChI=1S/C21H17N3O3S/c22-11-15-6-8-19(9-7-15)28(26,27)24-13-17-10-20(23-12-18(17)14-24)21(25)16-4-2-1-3-5-16/h1-10,12,21,25H,13-14H2. The highest BCUT2D eigenvalue weighted by Gasteiger charge is 2.31. The summed E-state index contributed by atoms with van der Waals surface area (Å²) in [7, 11) is -3.68. The number of aromatic nitrogens is 1. The first-order chi connectivity index (χ1) is 13.5. The molecule has 7 heteroatoms. The maximum absolute atomic E-state index is 12.9. The molecule has 28 heavy (non-hydrogen) atoms. The fourth-order valence-electron chi connectivity index (χ4n) is 3.25. The molecule has 1 unspecified atom stereocenters. The van der Waals surface area contributed by atoms with Gasteiger partial charge in [0.1, 0.15) is 6.10 Å². The lowest BCUT2D eigenvalue weighted by molar-refractivity contribution is 0.215. The van der Waals surface area contributed by atoms with Gasteiger partial charge in [-0.05, 0) is 47.0 Å². The van der Waals surface area contributed by atoms with Crippen LogP contribution in [0.1, 0.15) is 34.1 Å². The Hall–Kier alpha value is -3.05. The van der Waals surface area contributed by atoms with E-state index >= 15 is 0 Å². The third-order valence-electron chi connectivity index (χ3n) is 4.81. The van der Waals surface area contributed by atoms with Gasteiger partial charge in [0.15, 0.2) is 0 Å². The van der Waals surface area contributed by atoms with E-state index in [0.717, 1.165) is 16.7 Å². The van der Waals surface area contributed by atoms with E-state index in [2.05, 4.69) is 4.98 Å². The largest absolute Gasteiger partial charge is 0.382 e. The highest BCUT2D eigenvalue weighted by Crippen LogP contribution is 2.30. The molecule has 6 nitrogen and oxygen atoms in total. The molecule has 2 heterocycles. The quantitative estimate of drug-likeness (QED) is 0.738. The van der Waals surface area contributed by atoms with Crippen LogP contribution in [-0.4, -0.2) is 22.8 Å². The molecular formula is C21H17N3O3S. The van der Waals surface area contributed by atoms with E-state index in [-0.39, 0.29) is 18.0 Å². The zero-order valence-corrected chi connectivity index (χ0v) is 15.7. The van der Waals surface area contributed by atoms with Crippen LogP contribution in [0, 0.1) is 11.3 Å². The molecule has 1 aliphatic heterocycles. The van der Waals surface area contributed by atoms with Gasteiger partial charge in [-0.15, -0.1) is 0 Å². The number of aliphatic hydroxyl groups is 1. The topological polar surface area (TPSA) is 94.3 Å². The third kappa shape index (κ3) is 3.29. The summed E-state index contributed by atoms with van der Waals surface area (Å²) < 4.78 is 27.2. The van der Waals surface area contributed by atoms with Crippen molar-refractivity contribution in [3.63, 3.8) is 0 Å². The van der Waals surface area contributed by atoms with Crippen molar-refractivity contribution in [2.45, 2.75) is 24.1 Å². The van der Waals surface area contributed by atoms with Crippen LogP contribution < -0.4 is 0 Å². The molecule has 4 rings (SSSR count). The molecule has 3 aromatic rings. The Morgan fingerprint density at radius 3 is 2.39 bits per heavy atom. The first-order valence-corrected chi connectivity index (χ1v) is 10.1. The number of pyridine rings is 1. The molecule has 2 aromatic carbocycles. The Labute approximate surface area is 163 Å².